The van der Waals surface area contributed by atoms with Crippen LogP contribution in [0.25, 0.3) is 0 Å². The number of amides is 2. The summed E-state index contributed by atoms with van der Waals surface area (Å²) in [5.41, 5.74) is 2.80. The number of anilines is 2. The molecule has 156 valence electrons. The number of benzene rings is 2. The van der Waals surface area contributed by atoms with Gasteiger partial charge in [-0.05, 0) is 62.1 Å². The van der Waals surface area contributed by atoms with Crippen LogP contribution in [0.15, 0.2) is 48.5 Å². The van der Waals surface area contributed by atoms with Crippen molar-refractivity contribution in [2.75, 3.05) is 23.8 Å². The molecule has 29 heavy (non-hydrogen) atoms. The van der Waals surface area contributed by atoms with Crippen LogP contribution in [0.4, 0.5) is 11.4 Å². The third kappa shape index (κ3) is 6.82. The smallest absolute Gasteiger partial charge is 0.257 e. The van der Waals surface area contributed by atoms with Gasteiger partial charge in [-0.25, -0.2) is 0 Å². The number of likely N-dealkylation sites (N-methyl/N-ethyl adjacent to an activating group) is 1. The summed E-state index contributed by atoms with van der Waals surface area (Å²) in [4.78, 5) is 24.1. The number of hydrogen-bond donors (Lipinski definition) is 3. The molecule has 2 amide bonds. The van der Waals surface area contributed by atoms with E-state index in [-0.39, 0.29) is 18.4 Å². The highest BCUT2D eigenvalue weighted by Gasteiger charge is 2.16. The number of carbonyl (C=O) groups excluding carboxylic acids is 2. The average Bonchev–Trinajstić information content (AvgIpc) is 2.73. The van der Waals surface area contributed by atoms with Crippen LogP contribution in [-0.4, -0.2) is 31.0 Å². The third-order valence-electron chi connectivity index (χ3n) is 4.74. The SMILES string of the molecule is CCNC(=O)COc1ccc(NC(C)C(=O)Nc2ccccc2C(C)CC)cc1. The van der Waals surface area contributed by atoms with Crippen molar-refractivity contribution in [1.29, 1.82) is 0 Å². The minimum absolute atomic E-state index is 0.0188. The minimum Gasteiger partial charge on any atom is -0.484 e. The molecule has 2 aromatic carbocycles. The summed E-state index contributed by atoms with van der Waals surface area (Å²) in [6, 6.07) is 14.7. The topological polar surface area (TPSA) is 79.5 Å². The molecule has 2 rings (SSSR count). The molecule has 6 nitrogen and oxygen atoms in total. The predicted molar refractivity (Wildman–Crippen MR) is 117 cm³/mol. The fraction of sp³-hybridized carbons (Fsp3) is 0.391. The molecule has 2 atom stereocenters. The number of nitrogens with one attached hydrogen (secondary N) is 3. The third-order valence-corrected chi connectivity index (χ3v) is 4.74. The summed E-state index contributed by atoms with van der Waals surface area (Å²) in [6.45, 7) is 8.53. The molecule has 0 spiro atoms. The average molecular weight is 398 g/mol. The second-order valence-electron chi connectivity index (χ2n) is 7.02. The highest BCUT2D eigenvalue weighted by molar-refractivity contribution is 5.96. The van der Waals surface area contributed by atoms with Crippen molar-refractivity contribution >= 4 is 23.2 Å². The van der Waals surface area contributed by atoms with Gasteiger partial charge in [-0.15, -0.1) is 0 Å². The Balaban J connectivity index is 1.92. The van der Waals surface area contributed by atoms with E-state index in [2.05, 4.69) is 35.9 Å². The zero-order valence-corrected chi connectivity index (χ0v) is 17.6. The van der Waals surface area contributed by atoms with Crippen LogP contribution in [0.5, 0.6) is 5.75 Å². The van der Waals surface area contributed by atoms with E-state index in [4.69, 9.17) is 4.74 Å². The van der Waals surface area contributed by atoms with E-state index >= 15 is 0 Å². The van der Waals surface area contributed by atoms with E-state index in [1.807, 2.05) is 44.2 Å². The molecule has 2 unspecified atom stereocenters. The van der Waals surface area contributed by atoms with Gasteiger partial charge in [0.25, 0.3) is 5.91 Å². The van der Waals surface area contributed by atoms with E-state index in [1.54, 1.807) is 12.1 Å². The maximum absolute atomic E-state index is 12.6. The normalized spacial score (nSPS) is 12.6. The number of hydrogen-bond acceptors (Lipinski definition) is 4. The Hall–Kier alpha value is -3.02. The molecule has 0 saturated heterocycles. The van der Waals surface area contributed by atoms with Gasteiger partial charge >= 0.3 is 0 Å². The van der Waals surface area contributed by atoms with Crippen molar-refractivity contribution in [3.8, 4) is 5.75 Å². The summed E-state index contributed by atoms with van der Waals surface area (Å²) in [7, 11) is 0. The fourth-order valence-corrected chi connectivity index (χ4v) is 2.86. The molecule has 0 aromatic heterocycles. The fourth-order valence-electron chi connectivity index (χ4n) is 2.86. The largest absolute Gasteiger partial charge is 0.484 e. The quantitative estimate of drug-likeness (QED) is 0.563. The summed E-state index contributed by atoms with van der Waals surface area (Å²) in [5, 5.41) is 8.90. The lowest BCUT2D eigenvalue weighted by molar-refractivity contribution is -0.123. The van der Waals surface area contributed by atoms with Crippen LogP contribution >= 0.6 is 0 Å². The molecule has 2 aromatic rings. The van der Waals surface area contributed by atoms with Gasteiger partial charge < -0.3 is 20.7 Å². The molecular formula is C23H31N3O3. The first kappa shape index (κ1) is 22.3. The molecule has 0 heterocycles. The first-order valence-corrected chi connectivity index (χ1v) is 10.1. The summed E-state index contributed by atoms with van der Waals surface area (Å²) < 4.78 is 5.43. The van der Waals surface area contributed by atoms with E-state index in [1.165, 1.54) is 0 Å². The molecule has 6 heteroatoms. The van der Waals surface area contributed by atoms with Crippen molar-refractivity contribution in [2.45, 2.75) is 46.1 Å². The zero-order chi connectivity index (χ0) is 21.2. The van der Waals surface area contributed by atoms with Gasteiger partial charge in [-0.1, -0.05) is 32.0 Å². The maximum atomic E-state index is 12.6. The molecule has 0 fully saturated rings. The van der Waals surface area contributed by atoms with E-state index in [0.29, 0.717) is 18.2 Å². The molecule has 0 bridgehead atoms. The molecule has 0 aliphatic carbocycles. The Morgan fingerprint density at radius 3 is 2.34 bits per heavy atom. The van der Waals surface area contributed by atoms with Gasteiger partial charge in [0.15, 0.2) is 6.61 Å². The lowest BCUT2D eigenvalue weighted by Crippen LogP contribution is -2.32. The second-order valence-corrected chi connectivity index (χ2v) is 7.02. The number of para-hydroxylation sites is 1. The first-order chi connectivity index (χ1) is 13.9. The van der Waals surface area contributed by atoms with Crippen LogP contribution in [0.2, 0.25) is 0 Å². The zero-order valence-electron chi connectivity index (χ0n) is 17.6. The van der Waals surface area contributed by atoms with Crippen LogP contribution in [0.1, 0.15) is 45.6 Å². The van der Waals surface area contributed by atoms with Crippen molar-refractivity contribution in [3.05, 3.63) is 54.1 Å². The maximum Gasteiger partial charge on any atom is 0.257 e. The molecule has 0 radical (unpaired) electrons. The number of rotatable bonds is 10. The second kappa shape index (κ2) is 11.1. The summed E-state index contributed by atoms with van der Waals surface area (Å²) in [6.07, 6.45) is 1.01. The molecular weight excluding hydrogens is 366 g/mol. The Morgan fingerprint density at radius 2 is 1.69 bits per heavy atom. The van der Waals surface area contributed by atoms with E-state index in [0.717, 1.165) is 23.4 Å². The van der Waals surface area contributed by atoms with Gasteiger partial charge in [0.2, 0.25) is 5.91 Å². The van der Waals surface area contributed by atoms with E-state index in [9.17, 15) is 9.59 Å². The highest BCUT2D eigenvalue weighted by atomic mass is 16.5. The Bertz CT molecular complexity index is 805. The molecule has 0 aliphatic heterocycles. The van der Waals surface area contributed by atoms with Crippen molar-refractivity contribution in [1.82, 2.24) is 5.32 Å². The number of carbonyl (C=O) groups is 2. The Labute approximate surface area is 173 Å². The summed E-state index contributed by atoms with van der Waals surface area (Å²) in [5.74, 6) is 0.720. The lowest BCUT2D eigenvalue weighted by atomic mass is 9.97. The Kier molecular flexibility index (Phi) is 8.52. The first-order valence-electron chi connectivity index (χ1n) is 10.1. The molecule has 3 N–H and O–H groups in total. The summed E-state index contributed by atoms with van der Waals surface area (Å²) >= 11 is 0. The van der Waals surface area contributed by atoms with Crippen molar-refractivity contribution in [2.24, 2.45) is 0 Å². The van der Waals surface area contributed by atoms with Crippen molar-refractivity contribution in [3.63, 3.8) is 0 Å². The van der Waals surface area contributed by atoms with Gasteiger partial charge in [0.1, 0.15) is 11.8 Å². The molecule has 0 aliphatic rings. The molecule has 0 saturated carbocycles. The monoisotopic (exact) mass is 397 g/mol. The van der Waals surface area contributed by atoms with Crippen molar-refractivity contribution < 1.29 is 14.3 Å². The van der Waals surface area contributed by atoms with Crippen LogP contribution in [-0.2, 0) is 9.59 Å². The van der Waals surface area contributed by atoms with Gasteiger partial charge in [0, 0.05) is 17.9 Å². The van der Waals surface area contributed by atoms with Crippen LogP contribution in [0, 0.1) is 0 Å². The van der Waals surface area contributed by atoms with E-state index < -0.39 is 6.04 Å². The van der Waals surface area contributed by atoms with Crippen LogP contribution in [0.3, 0.4) is 0 Å². The highest BCUT2D eigenvalue weighted by Crippen LogP contribution is 2.26. The predicted octanol–water partition coefficient (Wildman–Crippen LogP) is 4.15. The van der Waals surface area contributed by atoms with Gasteiger partial charge in [-0.3, -0.25) is 9.59 Å². The van der Waals surface area contributed by atoms with Crippen LogP contribution < -0.4 is 20.7 Å². The lowest BCUT2D eigenvalue weighted by Gasteiger charge is -2.19. The Morgan fingerprint density at radius 1 is 1.00 bits per heavy atom. The minimum atomic E-state index is -0.415. The van der Waals surface area contributed by atoms with Gasteiger partial charge in [0.05, 0.1) is 0 Å². The number of ether oxygens (including phenoxy) is 1. The standard InChI is InChI=1S/C23H31N3O3/c1-5-16(3)20-9-7-8-10-21(20)26-23(28)17(4)25-18-11-13-19(14-12-18)29-15-22(27)24-6-2/h7-14,16-17,25H,5-6,15H2,1-4H3,(H,24,27)(H,26,28). The van der Waals surface area contributed by atoms with Gasteiger partial charge in [-0.2, -0.15) is 0 Å².